The molecule has 0 atom stereocenters. The van der Waals surface area contributed by atoms with Crippen LogP contribution in [0, 0.1) is 0 Å². The van der Waals surface area contributed by atoms with E-state index in [0.717, 1.165) is 0 Å². The minimum Gasteiger partial charge on any atom is -0.458 e. The lowest BCUT2D eigenvalue weighted by atomic mass is 10.3. The Bertz CT molecular complexity index is 635. The summed E-state index contributed by atoms with van der Waals surface area (Å²) in [7, 11) is 0. The second kappa shape index (κ2) is 7.00. The van der Waals surface area contributed by atoms with Gasteiger partial charge in [-0.3, -0.25) is 9.59 Å². The molecule has 2 aromatic rings. The number of aromatic nitrogens is 1. The average molecular weight is 308 g/mol. The molecule has 4 N–H and O–H groups in total. The molecule has 0 aliphatic carbocycles. The van der Waals surface area contributed by atoms with Gasteiger partial charge in [0.15, 0.2) is 10.9 Å². The Morgan fingerprint density at radius 3 is 2.95 bits per heavy atom. The van der Waals surface area contributed by atoms with Gasteiger partial charge in [-0.15, -0.1) is 11.3 Å². The quantitative estimate of drug-likeness (QED) is 0.745. The summed E-state index contributed by atoms with van der Waals surface area (Å²) in [6.45, 7) is 2.08. The first-order valence-corrected chi connectivity index (χ1v) is 7.25. The van der Waals surface area contributed by atoms with Crippen LogP contribution in [0.15, 0.2) is 21.9 Å². The van der Waals surface area contributed by atoms with Crippen molar-refractivity contribution in [3.05, 3.63) is 23.3 Å². The van der Waals surface area contributed by atoms with Crippen LogP contribution in [0.4, 0.5) is 5.13 Å². The third-order valence-electron chi connectivity index (χ3n) is 2.55. The topological polar surface area (TPSA) is 110 Å². The first kappa shape index (κ1) is 15.2. The molecule has 0 bridgehead atoms. The maximum absolute atomic E-state index is 11.4. The Morgan fingerprint density at radius 2 is 2.24 bits per heavy atom. The van der Waals surface area contributed by atoms with Gasteiger partial charge in [0.25, 0.3) is 0 Å². The van der Waals surface area contributed by atoms with Crippen LogP contribution in [0.25, 0.3) is 11.5 Å². The minimum absolute atomic E-state index is 0.119. The highest BCUT2D eigenvalue weighted by atomic mass is 32.1. The summed E-state index contributed by atoms with van der Waals surface area (Å²) in [5.74, 6) is 0.948. The molecule has 7 nitrogen and oxygen atoms in total. The fourth-order valence-electron chi connectivity index (χ4n) is 1.58. The van der Waals surface area contributed by atoms with Crippen molar-refractivity contribution in [3.8, 4) is 11.5 Å². The van der Waals surface area contributed by atoms with E-state index in [-0.39, 0.29) is 18.2 Å². The summed E-state index contributed by atoms with van der Waals surface area (Å²) >= 11 is 1.31. The number of furan rings is 1. The van der Waals surface area contributed by atoms with Gasteiger partial charge in [0.05, 0.1) is 6.54 Å². The van der Waals surface area contributed by atoms with E-state index < -0.39 is 0 Å². The summed E-state index contributed by atoms with van der Waals surface area (Å²) in [5, 5.41) is 7.62. The van der Waals surface area contributed by atoms with Crippen LogP contribution in [0.5, 0.6) is 0 Å². The standard InChI is InChI=1S/C13H16N4O3S/c1-8(18)15-6-9-2-3-11(20-9)10-7-21-13(16-10)17-12(19)4-5-14/h2-3,7H,4-6,14H2,1H3,(H,15,18)(H,16,17,19). The van der Waals surface area contributed by atoms with Crippen LogP contribution in [-0.2, 0) is 16.1 Å². The second-order valence-corrected chi connectivity index (χ2v) is 5.16. The number of carbonyl (C=O) groups excluding carboxylic acids is 2. The van der Waals surface area contributed by atoms with Crippen LogP contribution in [0.2, 0.25) is 0 Å². The number of amides is 2. The van der Waals surface area contributed by atoms with Crippen molar-refractivity contribution in [2.45, 2.75) is 19.9 Å². The average Bonchev–Trinajstić information content (AvgIpc) is 3.05. The van der Waals surface area contributed by atoms with E-state index in [1.54, 1.807) is 17.5 Å². The molecule has 2 heterocycles. The Morgan fingerprint density at radius 1 is 1.43 bits per heavy atom. The van der Waals surface area contributed by atoms with E-state index in [4.69, 9.17) is 10.2 Å². The number of anilines is 1. The Labute approximate surface area is 125 Å². The molecule has 2 rings (SSSR count). The summed E-state index contributed by atoms with van der Waals surface area (Å²) in [5.41, 5.74) is 5.95. The molecule has 0 aliphatic heterocycles. The van der Waals surface area contributed by atoms with Crippen molar-refractivity contribution < 1.29 is 14.0 Å². The van der Waals surface area contributed by atoms with E-state index in [0.29, 0.717) is 35.4 Å². The van der Waals surface area contributed by atoms with Gasteiger partial charge >= 0.3 is 0 Å². The lowest BCUT2D eigenvalue weighted by molar-refractivity contribution is -0.119. The zero-order valence-electron chi connectivity index (χ0n) is 11.5. The van der Waals surface area contributed by atoms with E-state index in [1.807, 2.05) is 0 Å². The first-order chi connectivity index (χ1) is 10.1. The van der Waals surface area contributed by atoms with E-state index in [2.05, 4.69) is 15.6 Å². The number of nitrogens with zero attached hydrogens (tertiary/aromatic N) is 1. The van der Waals surface area contributed by atoms with Gasteiger partial charge in [0.1, 0.15) is 11.5 Å². The van der Waals surface area contributed by atoms with Crippen LogP contribution in [0.1, 0.15) is 19.1 Å². The SMILES string of the molecule is CC(=O)NCc1ccc(-c2csc(NC(=O)CCN)n2)o1. The summed E-state index contributed by atoms with van der Waals surface area (Å²) in [4.78, 5) is 26.5. The van der Waals surface area contributed by atoms with Gasteiger partial charge in [-0.25, -0.2) is 4.98 Å². The largest absolute Gasteiger partial charge is 0.458 e. The third-order valence-corrected chi connectivity index (χ3v) is 3.31. The molecule has 8 heteroatoms. The highest BCUT2D eigenvalue weighted by Crippen LogP contribution is 2.26. The van der Waals surface area contributed by atoms with Gasteiger partial charge in [0.2, 0.25) is 11.8 Å². The molecular formula is C13H16N4O3S. The molecule has 2 aromatic heterocycles. The Balaban J connectivity index is 2.00. The van der Waals surface area contributed by atoms with Crippen molar-refractivity contribution in [2.75, 3.05) is 11.9 Å². The van der Waals surface area contributed by atoms with Gasteiger partial charge in [-0.1, -0.05) is 0 Å². The number of thiazole rings is 1. The van der Waals surface area contributed by atoms with E-state index in [1.165, 1.54) is 18.3 Å². The second-order valence-electron chi connectivity index (χ2n) is 4.30. The van der Waals surface area contributed by atoms with Gasteiger partial charge in [-0.05, 0) is 12.1 Å². The van der Waals surface area contributed by atoms with Gasteiger partial charge in [0, 0.05) is 25.3 Å². The molecule has 0 spiro atoms. The number of rotatable bonds is 6. The van der Waals surface area contributed by atoms with Crippen LogP contribution >= 0.6 is 11.3 Å². The molecule has 0 aromatic carbocycles. The zero-order chi connectivity index (χ0) is 15.2. The molecule has 112 valence electrons. The van der Waals surface area contributed by atoms with E-state index >= 15 is 0 Å². The maximum Gasteiger partial charge on any atom is 0.227 e. The molecule has 0 saturated carbocycles. The van der Waals surface area contributed by atoms with Crippen molar-refractivity contribution in [2.24, 2.45) is 5.73 Å². The molecule has 0 aliphatic rings. The summed E-state index contributed by atoms with van der Waals surface area (Å²) < 4.78 is 5.58. The van der Waals surface area contributed by atoms with E-state index in [9.17, 15) is 9.59 Å². The fourth-order valence-corrected chi connectivity index (χ4v) is 2.30. The fraction of sp³-hybridized carbons (Fsp3) is 0.308. The Kier molecular flexibility index (Phi) is 5.07. The van der Waals surface area contributed by atoms with Gasteiger partial charge < -0.3 is 20.8 Å². The summed E-state index contributed by atoms with van der Waals surface area (Å²) in [6.07, 6.45) is 0.260. The van der Waals surface area contributed by atoms with Crippen LogP contribution in [-0.4, -0.2) is 23.3 Å². The monoisotopic (exact) mass is 308 g/mol. The zero-order valence-corrected chi connectivity index (χ0v) is 12.3. The number of nitrogens with two attached hydrogens (primary N) is 1. The molecule has 2 amide bonds. The van der Waals surface area contributed by atoms with Crippen LogP contribution in [0.3, 0.4) is 0 Å². The predicted octanol–water partition coefficient (Wildman–Crippen LogP) is 1.33. The molecule has 0 saturated heterocycles. The number of hydrogen-bond acceptors (Lipinski definition) is 6. The lowest BCUT2D eigenvalue weighted by Gasteiger charge is -1.98. The highest BCUT2D eigenvalue weighted by Gasteiger charge is 2.11. The molecule has 0 radical (unpaired) electrons. The third kappa shape index (κ3) is 4.40. The smallest absolute Gasteiger partial charge is 0.227 e. The van der Waals surface area contributed by atoms with Crippen molar-refractivity contribution in [1.29, 1.82) is 0 Å². The number of nitrogens with one attached hydrogen (secondary N) is 2. The number of hydrogen-bond donors (Lipinski definition) is 3. The lowest BCUT2D eigenvalue weighted by Crippen LogP contribution is -2.18. The normalized spacial score (nSPS) is 10.4. The number of carbonyl (C=O) groups is 2. The van der Waals surface area contributed by atoms with Crippen molar-refractivity contribution in [3.63, 3.8) is 0 Å². The first-order valence-electron chi connectivity index (χ1n) is 6.37. The molecule has 21 heavy (non-hydrogen) atoms. The van der Waals surface area contributed by atoms with Gasteiger partial charge in [-0.2, -0.15) is 0 Å². The molecule has 0 fully saturated rings. The van der Waals surface area contributed by atoms with Crippen molar-refractivity contribution in [1.82, 2.24) is 10.3 Å². The maximum atomic E-state index is 11.4. The molecular weight excluding hydrogens is 292 g/mol. The molecule has 0 unspecified atom stereocenters. The minimum atomic E-state index is -0.163. The Hall–Kier alpha value is -2.19. The van der Waals surface area contributed by atoms with Crippen LogP contribution < -0.4 is 16.4 Å². The predicted molar refractivity (Wildman–Crippen MR) is 79.6 cm³/mol. The summed E-state index contributed by atoms with van der Waals surface area (Å²) in [6, 6.07) is 3.55. The van der Waals surface area contributed by atoms with Crippen molar-refractivity contribution >= 4 is 28.3 Å². The highest BCUT2D eigenvalue weighted by molar-refractivity contribution is 7.14.